The molecule has 0 amide bonds. The Morgan fingerprint density at radius 2 is 2.25 bits per heavy atom. The number of hydrogen-bond donors (Lipinski definition) is 1. The first kappa shape index (κ1) is 12.0. The van der Waals surface area contributed by atoms with E-state index in [1.54, 1.807) is 24.2 Å². The van der Waals surface area contributed by atoms with E-state index in [1.807, 2.05) is 0 Å². The van der Waals surface area contributed by atoms with Gasteiger partial charge in [0.15, 0.2) is 0 Å². The normalized spacial score (nSPS) is 17.8. The summed E-state index contributed by atoms with van der Waals surface area (Å²) in [6, 6.07) is 0.778. The lowest BCUT2D eigenvalue weighted by atomic mass is 9.95. The molecule has 0 spiro atoms. The second kappa shape index (κ2) is 6.97. The Morgan fingerprint density at radius 1 is 1.38 bits per heavy atom. The molecule has 0 atom stereocenters. The highest BCUT2D eigenvalue weighted by Crippen LogP contribution is 2.18. The fraction of sp³-hybridized carbons (Fsp3) is 0.750. The largest absolute Gasteiger partial charge is 0.440 e. The zero-order valence-electron chi connectivity index (χ0n) is 9.65. The number of aromatic nitrogens is 1. The zero-order valence-corrected chi connectivity index (χ0v) is 10.5. The summed E-state index contributed by atoms with van der Waals surface area (Å²) < 4.78 is 5.16. The van der Waals surface area contributed by atoms with Gasteiger partial charge in [0, 0.05) is 11.8 Å². The van der Waals surface area contributed by atoms with Crippen molar-refractivity contribution >= 4 is 11.8 Å². The Balaban J connectivity index is 1.48. The predicted molar refractivity (Wildman–Crippen MR) is 66.7 cm³/mol. The highest BCUT2D eigenvalue weighted by atomic mass is 32.2. The summed E-state index contributed by atoms with van der Waals surface area (Å²) in [6.07, 6.45) is 11.5. The summed E-state index contributed by atoms with van der Waals surface area (Å²) in [7, 11) is 0. The molecular formula is C12H20N2OS. The van der Waals surface area contributed by atoms with E-state index >= 15 is 0 Å². The average molecular weight is 240 g/mol. The molecule has 0 radical (unpaired) electrons. The molecule has 0 aliphatic heterocycles. The van der Waals surface area contributed by atoms with Crippen molar-refractivity contribution in [2.45, 2.75) is 49.8 Å². The molecule has 1 saturated carbocycles. The summed E-state index contributed by atoms with van der Waals surface area (Å²) >= 11 is 1.70. The van der Waals surface area contributed by atoms with Crippen LogP contribution in [0.1, 0.15) is 38.5 Å². The predicted octanol–water partition coefficient (Wildman–Crippen LogP) is 3.08. The summed E-state index contributed by atoms with van der Waals surface area (Å²) in [5.74, 6) is 1.08. The minimum Gasteiger partial charge on any atom is -0.440 e. The van der Waals surface area contributed by atoms with Gasteiger partial charge < -0.3 is 9.73 Å². The lowest BCUT2D eigenvalue weighted by Crippen LogP contribution is -2.31. The second-order valence-corrected chi connectivity index (χ2v) is 5.34. The summed E-state index contributed by atoms with van der Waals surface area (Å²) in [4.78, 5) is 4.08. The first-order chi connectivity index (χ1) is 7.95. The lowest BCUT2D eigenvalue weighted by molar-refractivity contribution is 0.374. The molecule has 4 heteroatoms. The molecule has 1 aromatic rings. The quantitative estimate of drug-likeness (QED) is 0.612. The van der Waals surface area contributed by atoms with Crippen LogP contribution in [0.3, 0.4) is 0 Å². The van der Waals surface area contributed by atoms with Gasteiger partial charge in [-0.25, -0.2) is 4.98 Å². The number of thioether (sulfide) groups is 1. The molecule has 1 heterocycles. The van der Waals surface area contributed by atoms with E-state index in [0.29, 0.717) is 0 Å². The van der Waals surface area contributed by atoms with Crippen molar-refractivity contribution in [2.24, 2.45) is 0 Å². The van der Waals surface area contributed by atoms with Gasteiger partial charge in [-0.2, -0.15) is 0 Å². The monoisotopic (exact) mass is 240 g/mol. The Kier molecular flexibility index (Phi) is 5.22. The van der Waals surface area contributed by atoms with Crippen molar-refractivity contribution in [3.8, 4) is 0 Å². The summed E-state index contributed by atoms with van der Waals surface area (Å²) in [5.41, 5.74) is 0. The van der Waals surface area contributed by atoms with Crippen LogP contribution < -0.4 is 5.32 Å². The van der Waals surface area contributed by atoms with E-state index in [-0.39, 0.29) is 0 Å². The molecule has 0 bridgehead atoms. The average Bonchev–Trinajstić information content (AvgIpc) is 2.83. The van der Waals surface area contributed by atoms with E-state index < -0.39 is 0 Å². The number of rotatable bonds is 6. The SMILES string of the molecule is c1coc(SCCCNC2CCCCC2)n1. The molecule has 90 valence electrons. The van der Waals surface area contributed by atoms with Crippen LogP contribution >= 0.6 is 11.8 Å². The minimum atomic E-state index is 0.778. The molecule has 3 nitrogen and oxygen atoms in total. The maximum absolute atomic E-state index is 5.16. The Morgan fingerprint density at radius 3 is 3.00 bits per heavy atom. The first-order valence-corrected chi connectivity index (χ1v) is 7.19. The number of hydrogen-bond acceptors (Lipinski definition) is 4. The highest BCUT2D eigenvalue weighted by molar-refractivity contribution is 7.99. The fourth-order valence-electron chi connectivity index (χ4n) is 2.13. The molecule has 2 rings (SSSR count). The van der Waals surface area contributed by atoms with Crippen LogP contribution in [0.2, 0.25) is 0 Å². The van der Waals surface area contributed by atoms with E-state index in [4.69, 9.17) is 4.42 Å². The number of oxazole rings is 1. The number of nitrogens with zero attached hydrogens (tertiary/aromatic N) is 1. The third-order valence-corrected chi connectivity index (χ3v) is 3.94. The molecular weight excluding hydrogens is 220 g/mol. The van der Waals surface area contributed by atoms with Crippen molar-refractivity contribution in [1.29, 1.82) is 0 Å². The van der Waals surface area contributed by atoms with Gasteiger partial charge in [-0.15, -0.1) is 0 Å². The molecule has 0 aromatic carbocycles. The van der Waals surface area contributed by atoms with Crippen molar-refractivity contribution in [2.75, 3.05) is 12.3 Å². The smallest absolute Gasteiger partial charge is 0.255 e. The fourth-order valence-corrected chi connectivity index (χ4v) is 2.85. The first-order valence-electron chi connectivity index (χ1n) is 6.21. The van der Waals surface area contributed by atoms with Crippen LogP contribution in [-0.2, 0) is 0 Å². The van der Waals surface area contributed by atoms with E-state index in [0.717, 1.165) is 23.6 Å². The van der Waals surface area contributed by atoms with E-state index in [9.17, 15) is 0 Å². The summed E-state index contributed by atoms with van der Waals surface area (Å²) in [6.45, 7) is 1.12. The molecule has 1 aliphatic rings. The molecule has 1 aliphatic carbocycles. The van der Waals surface area contributed by atoms with Crippen LogP contribution in [0, 0.1) is 0 Å². The molecule has 1 N–H and O–H groups in total. The van der Waals surface area contributed by atoms with Gasteiger partial charge >= 0.3 is 0 Å². The van der Waals surface area contributed by atoms with Crippen LogP contribution in [0.5, 0.6) is 0 Å². The topological polar surface area (TPSA) is 38.1 Å². The molecule has 0 unspecified atom stereocenters. The standard InChI is InChI=1S/C12H20N2OS/c1-2-5-11(6-3-1)13-7-4-10-16-12-14-8-9-15-12/h8-9,11,13H,1-7,10H2. The maximum Gasteiger partial charge on any atom is 0.255 e. The Hall–Kier alpha value is -0.480. The molecule has 16 heavy (non-hydrogen) atoms. The third-order valence-electron chi connectivity index (χ3n) is 2.99. The van der Waals surface area contributed by atoms with Gasteiger partial charge in [0.2, 0.25) is 0 Å². The second-order valence-electron chi connectivity index (χ2n) is 4.29. The maximum atomic E-state index is 5.16. The molecule has 1 fully saturated rings. The van der Waals surface area contributed by atoms with Gasteiger partial charge in [0.25, 0.3) is 5.22 Å². The van der Waals surface area contributed by atoms with Crippen LogP contribution in [0.4, 0.5) is 0 Å². The molecule has 0 saturated heterocycles. The third kappa shape index (κ3) is 4.18. The van der Waals surface area contributed by atoms with Gasteiger partial charge in [-0.3, -0.25) is 0 Å². The van der Waals surface area contributed by atoms with Crippen LogP contribution in [-0.4, -0.2) is 23.3 Å². The Bertz CT molecular complexity index is 271. The molecule has 1 aromatic heterocycles. The lowest BCUT2D eigenvalue weighted by Gasteiger charge is -2.22. The van der Waals surface area contributed by atoms with Gasteiger partial charge in [0.05, 0.1) is 6.20 Å². The van der Waals surface area contributed by atoms with Crippen molar-refractivity contribution in [3.63, 3.8) is 0 Å². The van der Waals surface area contributed by atoms with Crippen LogP contribution in [0.25, 0.3) is 0 Å². The van der Waals surface area contributed by atoms with Gasteiger partial charge in [0.1, 0.15) is 6.26 Å². The van der Waals surface area contributed by atoms with Crippen molar-refractivity contribution < 1.29 is 4.42 Å². The van der Waals surface area contributed by atoms with Gasteiger partial charge in [-0.1, -0.05) is 31.0 Å². The Labute approximate surface area is 101 Å². The summed E-state index contributed by atoms with van der Waals surface area (Å²) in [5, 5.41) is 4.43. The zero-order chi connectivity index (χ0) is 11.1. The van der Waals surface area contributed by atoms with E-state index in [1.165, 1.54) is 38.5 Å². The van der Waals surface area contributed by atoms with E-state index in [2.05, 4.69) is 10.3 Å². The number of nitrogens with one attached hydrogen (secondary N) is 1. The minimum absolute atomic E-state index is 0.778. The van der Waals surface area contributed by atoms with Crippen molar-refractivity contribution in [3.05, 3.63) is 12.5 Å². The van der Waals surface area contributed by atoms with Crippen LogP contribution in [0.15, 0.2) is 22.1 Å². The van der Waals surface area contributed by atoms with Crippen molar-refractivity contribution in [1.82, 2.24) is 10.3 Å². The highest BCUT2D eigenvalue weighted by Gasteiger charge is 2.11. The van der Waals surface area contributed by atoms with Gasteiger partial charge in [-0.05, 0) is 25.8 Å².